The third-order valence-electron chi connectivity index (χ3n) is 6.05. The summed E-state index contributed by atoms with van der Waals surface area (Å²) in [5.41, 5.74) is 3.85. The van der Waals surface area contributed by atoms with Crippen LogP contribution in [0.2, 0.25) is 0 Å². The Morgan fingerprint density at radius 3 is 1.91 bits per heavy atom. The number of amides is 2. The van der Waals surface area contributed by atoms with Crippen LogP contribution in [-0.2, 0) is 9.59 Å². The smallest absolute Gasteiger partial charge is 0.251 e. The molecule has 1 heterocycles. The highest BCUT2D eigenvalue weighted by atomic mass is 16.2. The fourth-order valence-corrected chi connectivity index (χ4v) is 5.15. The lowest BCUT2D eigenvalue weighted by Crippen LogP contribution is -2.49. The Morgan fingerprint density at radius 2 is 1.39 bits per heavy atom. The van der Waals surface area contributed by atoms with E-state index in [9.17, 15) is 9.59 Å². The highest BCUT2D eigenvalue weighted by Crippen LogP contribution is 2.66. The summed E-state index contributed by atoms with van der Waals surface area (Å²) in [7, 11) is 0. The van der Waals surface area contributed by atoms with E-state index in [4.69, 9.17) is 5.84 Å². The summed E-state index contributed by atoms with van der Waals surface area (Å²) < 4.78 is 0. The molecule has 2 amide bonds. The van der Waals surface area contributed by atoms with Crippen LogP contribution in [0.15, 0.2) is 48.5 Å². The zero-order chi connectivity index (χ0) is 15.9. The van der Waals surface area contributed by atoms with Gasteiger partial charge in [-0.2, -0.15) is 0 Å². The first-order chi connectivity index (χ1) is 11.1. The zero-order valence-corrected chi connectivity index (χ0v) is 12.7. The van der Waals surface area contributed by atoms with Crippen molar-refractivity contribution in [3.63, 3.8) is 0 Å². The topological polar surface area (TPSA) is 63.4 Å². The number of hydrazine groups is 1. The van der Waals surface area contributed by atoms with Crippen molar-refractivity contribution in [3.8, 4) is 0 Å². The van der Waals surface area contributed by atoms with Crippen molar-refractivity contribution in [3.05, 3.63) is 70.8 Å². The van der Waals surface area contributed by atoms with Gasteiger partial charge in [-0.3, -0.25) is 9.59 Å². The Balaban J connectivity index is 1.91. The minimum atomic E-state index is -0.792. The number of hydrogen-bond acceptors (Lipinski definition) is 3. The van der Waals surface area contributed by atoms with Gasteiger partial charge in [0, 0.05) is 11.8 Å². The summed E-state index contributed by atoms with van der Waals surface area (Å²) in [5, 5.41) is 0.850. The molecule has 2 N–H and O–H groups in total. The molecule has 0 spiro atoms. The van der Waals surface area contributed by atoms with Gasteiger partial charge in [0.1, 0.15) is 0 Å². The Hall–Kier alpha value is -2.46. The highest BCUT2D eigenvalue weighted by molar-refractivity contribution is 6.09. The number of nitrogens with two attached hydrogens (primary N) is 1. The van der Waals surface area contributed by atoms with E-state index in [2.05, 4.69) is 24.3 Å². The molecule has 1 saturated heterocycles. The maximum Gasteiger partial charge on any atom is 0.251 e. The number of carbonyl (C=O) groups excluding carboxylic acids is 2. The average molecular weight is 304 g/mol. The van der Waals surface area contributed by atoms with Crippen LogP contribution in [0.1, 0.15) is 41.0 Å². The molecule has 0 radical (unpaired) electrons. The maximum atomic E-state index is 12.9. The van der Waals surface area contributed by atoms with Crippen molar-refractivity contribution in [2.75, 3.05) is 0 Å². The van der Waals surface area contributed by atoms with E-state index in [0.717, 1.165) is 27.3 Å². The summed E-state index contributed by atoms with van der Waals surface area (Å²) in [6.45, 7) is 1.91. The molecule has 4 heteroatoms. The monoisotopic (exact) mass is 304 g/mol. The molecule has 0 unspecified atom stereocenters. The Labute approximate surface area is 133 Å². The number of nitrogens with zero attached hydrogens (tertiary/aromatic N) is 1. The molecule has 114 valence electrons. The summed E-state index contributed by atoms with van der Waals surface area (Å²) in [6.07, 6.45) is 0. The van der Waals surface area contributed by atoms with Crippen LogP contribution in [0, 0.1) is 11.3 Å². The van der Waals surface area contributed by atoms with Gasteiger partial charge in [-0.1, -0.05) is 48.5 Å². The lowest BCUT2D eigenvalue weighted by molar-refractivity contribution is -0.141. The largest absolute Gasteiger partial charge is 0.273 e. The Bertz CT molecular complexity index is 843. The molecular formula is C19H16N2O2. The van der Waals surface area contributed by atoms with Crippen molar-refractivity contribution in [2.45, 2.75) is 18.8 Å². The van der Waals surface area contributed by atoms with Gasteiger partial charge in [-0.15, -0.1) is 0 Å². The first-order valence-electron chi connectivity index (χ1n) is 7.87. The van der Waals surface area contributed by atoms with E-state index in [1.807, 2.05) is 31.2 Å². The van der Waals surface area contributed by atoms with Crippen LogP contribution in [-0.4, -0.2) is 16.8 Å². The lowest BCUT2D eigenvalue weighted by Gasteiger charge is -2.51. The fourth-order valence-electron chi connectivity index (χ4n) is 5.15. The number of carbonyl (C=O) groups is 2. The summed E-state index contributed by atoms with van der Waals surface area (Å²) in [6, 6.07) is 16.3. The molecule has 2 aromatic carbocycles. The molecule has 3 aliphatic carbocycles. The quantitative estimate of drug-likeness (QED) is 0.461. The van der Waals surface area contributed by atoms with Crippen molar-refractivity contribution >= 4 is 11.8 Å². The molecule has 1 fully saturated rings. The fraction of sp³-hybridized carbons (Fsp3) is 0.263. The van der Waals surface area contributed by atoms with E-state index < -0.39 is 11.3 Å². The van der Waals surface area contributed by atoms with Crippen molar-refractivity contribution < 1.29 is 9.59 Å². The van der Waals surface area contributed by atoms with Gasteiger partial charge in [-0.25, -0.2) is 10.9 Å². The number of imide groups is 1. The molecule has 2 aromatic rings. The van der Waals surface area contributed by atoms with E-state index in [1.54, 1.807) is 0 Å². The first-order valence-corrected chi connectivity index (χ1v) is 7.87. The van der Waals surface area contributed by atoms with Gasteiger partial charge in [0.25, 0.3) is 5.91 Å². The average Bonchev–Trinajstić information content (AvgIpc) is 2.76. The molecule has 4 nitrogen and oxygen atoms in total. The molecule has 0 saturated carbocycles. The number of benzene rings is 2. The van der Waals surface area contributed by atoms with Crippen LogP contribution in [0.4, 0.5) is 0 Å². The second kappa shape index (κ2) is 3.89. The predicted molar refractivity (Wildman–Crippen MR) is 84.2 cm³/mol. The van der Waals surface area contributed by atoms with Gasteiger partial charge in [-0.05, 0) is 29.2 Å². The van der Waals surface area contributed by atoms with Crippen LogP contribution < -0.4 is 5.84 Å². The van der Waals surface area contributed by atoms with Gasteiger partial charge in [0.05, 0.1) is 11.3 Å². The van der Waals surface area contributed by atoms with Gasteiger partial charge in [0.15, 0.2) is 0 Å². The molecule has 2 bridgehead atoms. The van der Waals surface area contributed by atoms with E-state index in [1.165, 1.54) is 0 Å². The Morgan fingerprint density at radius 1 is 0.913 bits per heavy atom. The minimum absolute atomic E-state index is 0.0950. The lowest BCUT2D eigenvalue weighted by atomic mass is 9.48. The van der Waals surface area contributed by atoms with Crippen molar-refractivity contribution in [1.82, 2.24) is 5.01 Å². The van der Waals surface area contributed by atoms with E-state index >= 15 is 0 Å². The van der Waals surface area contributed by atoms with E-state index in [-0.39, 0.29) is 23.7 Å². The second-order valence-corrected chi connectivity index (χ2v) is 6.94. The molecule has 6 rings (SSSR count). The summed E-state index contributed by atoms with van der Waals surface area (Å²) >= 11 is 0. The van der Waals surface area contributed by atoms with Crippen LogP contribution in [0.3, 0.4) is 0 Å². The maximum absolute atomic E-state index is 12.9. The molecular weight excluding hydrogens is 288 g/mol. The van der Waals surface area contributed by atoms with Crippen LogP contribution >= 0.6 is 0 Å². The standard InChI is InChI=1S/C19H16N2O2/c1-19-15-12-8-4-2-6-10(12)14(11-7-3-5-9-13(11)15)16(19)17(22)21(20)18(19)23/h2-9,14-16H,20H2,1H3/t14?,15?,16-,19+/m0/s1. The van der Waals surface area contributed by atoms with E-state index in [0.29, 0.717) is 0 Å². The van der Waals surface area contributed by atoms with Crippen molar-refractivity contribution in [1.29, 1.82) is 0 Å². The second-order valence-electron chi connectivity index (χ2n) is 6.94. The van der Waals surface area contributed by atoms with Crippen LogP contribution in [0.5, 0.6) is 0 Å². The molecule has 1 aliphatic heterocycles. The molecule has 4 aliphatic rings. The first kappa shape index (κ1) is 13.0. The Kier molecular flexibility index (Phi) is 2.20. The number of hydrogen-bond donors (Lipinski definition) is 1. The SMILES string of the molecule is C[C@]12C(=O)N(N)C(=O)[C@@H]1C1c3ccccc3C2c2ccccc21. The molecule has 23 heavy (non-hydrogen) atoms. The number of rotatable bonds is 0. The zero-order valence-electron chi connectivity index (χ0n) is 12.7. The third kappa shape index (κ3) is 1.24. The van der Waals surface area contributed by atoms with Crippen molar-refractivity contribution in [2.24, 2.45) is 17.2 Å². The molecule has 0 aromatic heterocycles. The minimum Gasteiger partial charge on any atom is -0.273 e. The van der Waals surface area contributed by atoms with Gasteiger partial charge < -0.3 is 0 Å². The van der Waals surface area contributed by atoms with Gasteiger partial charge in [0.2, 0.25) is 5.91 Å². The molecule has 2 atom stereocenters. The summed E-state index contributed by atoms with van der Waals surface area (Å²) in [4.78, 5) is 25.6. The van der Waals surface area contributed by atoms with Gasteiger partial charge >= 0.3 is 0 Å². The predicted octanol–water partition coefficient (Wildman–Crippen LogP) is 2.14. The summed E-state index contributed by atoms with van der Waals surface area (Å²) in [5.74, 6) is 4.69. The third-order valence-corrected chi connectivity index (χ3v) is 6.05. The highest BCUT2D eigenvalue weighted by Gasteiger charge is 2.68. The van der Waals surface area contributed by atoms with Crippen LogP contribution in [0.25, 0.3) is 0 Å². The normalized spacial score (nSPS) is 33.5.